The Morgan fingerprint density at radius 1 is 1.22 bits per heavy atom. The summed E-state index contributed by atoms with van der Waals surface area (Å²) < 4.78 is 14.1. The van der Waals surface area contributed by atoms with Gasteiger partial charge < -0.3 is 0 Å². The molecule has 0 aliphatic carbocycles. The van der Waals surface area contributed by atoms with E-state index in [0.29, 0.717) is 16.4 Å². The number of carbonyl (C=O) groups is 2. The molecule has 0 aliphatic rings. The molecule has 3 aromatic rings. The van der Waals surface area contributed by atoms with Gasteiger partial charge >= 0.3 is 0 Å². The fourth-order valence-corrected chi connectivity index (χ4v) is 4.40. The van der Waals surface area contributed by atoms with Crippen molar-refractivity contribution in [1.82, 2.24) is 4.98 Å². The summed E-state index contributed by atoms with van der Waals surface area (Å²) in [5, 5.41) is 2.07. The molecule has 0 atom stereocenters. The monoisotopic (exact) mass is 400 g/mol. The lowest BCUT2D eigenvalue weighted by Crippen LogP contribution is -2.23. The van der Waals surface area contributed by atoms with Crippen molar-refractivity contribution < 1.29 is 14.0 Å². The van der Waals surface area contributed by atoms with Crippen molar-refractivity contribution in [1.29, 1.82) is 0 Å². The highest BCUT2D eigenvalue weighted by Crippen LogP contribution is 2.31. The Kier molecular flexibility index (Phi) is 5.62. The molecule has 1 aromatic carbocycles. The summed E-state index contributed by atoms with van der Waals surface area (Å²) in [5.41, 5.74) is 1.37. The average Bonchev–Trinajstić information content (AvgIpc) is 3.20. The van der Waals surface area contributed by atoms with Crippen LogP contribution in [0.4, 0.5) is 15.2 Å². The summed E-state index contributed by atoms with van der Waals surface area (Å²) in [6, 6.07) is 7.91. The largest absolute Gasteiger partial charge is 0.289 e. The highest BCUT2D eigenvalue weighted by Gasteiger charge is 2.20. The normalized spacial score (nSPS) is 11.1. The molecule has 27 heavy (non-hydrogen) atoms. The van der Waals surface area contributed by atoms with E-state index in [1.165, 1.54) is 41.4 Å². The van der Waals surface area contributed by atoms with E-state index in [9.17, 15) is 14.0 Å². The smallest absolute Gasteiger partial charge is 0.230 e. The number of anilines is 2. The number of halogens is 1. The van der Waals surface area contributed by atoms with Crippen LogP contribution >= 0.6 is 22.7 Å². The second kappa shape index (κ2) is 7.94. The highest BCUT2D eigenvalue weighted by molar-refractivity contribution is 7.14. The number of allylic oxidation sites excluding steroid dienone is 1. The number of amides is 1. The first kappa shape index (κ1) is 19.1. The van der Waals surface area contributed by atoms with Gasteiger partial charge in [0.05, 0.1) is 11.4 Å². The molecule has 2 aromatic heterocycles. The van der Waals surface area contributed by atoms with Crippen molar-refractivity contribution in [3.05, 3.63) is 68.6 Å². The maximum absolute atomic E-state index is 14.1. The van der Waals surface area contributed by atoms with Crippen LogP contribution in [-0.2, 0) is 4.79 Å². The van der Waals surface area contributed by atoms with E-state index < -0.39 is 5.82 Å². The van der Waals surface area contributed by atoms with Crippen LogP contribution in [0.15, 0.2) is 41.8 Å². The van der Waals surface area contributed by atoms with Crippen molar-refractivity contribution in [3.8, 4) is 0 Å². The van der Waals surface area contributed by atoms with Crippen LogP contribution in [0.25, 0.3) is 6.08 Å². The number of thiazole rings is 1. The first-order valence-corrected chi connectivity index (χ1v) is 9.86. The standard InChI is InChI=1S/C20H17FN2O2S2/c1-12-10-16(13(2)27-12)19(25)9-8-15-11-26-20(22-15)23(14(3)24)18-7-5-4-6-17(18)21/h4-11H,1-3H3/b9-8+. The average molecular weight is 401 g/mol. The van der Waals surface area contributed by atoms with E-state index in [2.05, 4.69) is 4.98 Å². The minimum Gasteiger partial charge on any atom is -0.289 e. The first-order chi connectivity index (χ1) is 12.9. The molecule has 0 fully saturated rings. The van der Waals surface area contributed by atoms with Crippen LogP contribution in [0.1, 0.15) is 32.7 Å². The second-order valence-electron chi connectivity index (χ2n) is 5.89. The van der Waals surface area contributed by atoms with Crippen molar-refractivity contribution >= 4 is 51.3 Å². The number of aryl methyl sites for hydroxylation is 2. The van der Waals surface area contributed by atoms with Gasteiger partial charge in [0.1, 0.15) is 5.82 Å². The molecule has 4 nitrogen and oxygen atoms in total. The molecule has 0 N–H and O–H groups in total. The lowest BCUT2D eigenvalue weighted by molar-refractivity contribution is -0.115. The third-order valence-electron chi connectivity index (χ3n) is 3.82. The Balaban J connectivity index is 1.85. The maximum Gasteiger partial charge on any atom is 0.230 e. The van der Waals surface area contributed by atoms with Crippen molar-refractivity contribution in [2.24, 2.45) is 0 Å². The van der Waals surface area contributed by atoms with Crippen LogP contribution in [-0.4, -0.2) is 16.7 Å². The van der Waals surface area contributed by atoms with Gasteiger partial charge in [0.25, 0.3) is 0 Å². The molecule has 7 heteroatoms. The summed E-state index contributed by atoms with van der Waals surface area (Å²) in [6.45, 7) is 5.23. The molecule has 138 valence electrons. The summed E-state index contributed by atoms with van der Waals surface area (Å²) in [5.74, 6) is -0.937. The third kappa shape index (κ3) is 4.20. The van der Waals surface area contributed by atoms with Gasteiger partial charge in [-0.2, -0.15) is 0 Å². The number of hydrogen-bond donors (Lipinski definition) is 0. The Labute approximate surface area is 164 Å². The van der Waals surface area contributed by atoms with E-state index in [0.717, 1.165) is 9.75 Å². The van der Waals surface area contributed by atoms with Crippen LogP contribution < -0.4 is 4.90 Å². The molecule has 1 amide bonds. The van der Waals surface area contributed by atoms with Crippen LogP contribution in [0, 0.1) is 19.7 Å². The molecule has 0 unspecified atom stereocenters. The third-order valence-corrected chi connectivity index (χ3v) is 5.63. The van der Waals surface area contributed by atoms with Gasteiger partial charge in [-0.3, -0.25) is 14.5 Å². The van der Waals surface area contributed by atoms with Crippen LogP contribution in [0.3, 0.4) is 0 Å². The van der Waals surface area contributed by atoms with Crippen molar-refractivity contribution in [2.75, 3.05) is 4.90 Å². The number of thiophene rings is 1. The minimum atomic E-state index is -0.501. The number of benzene rings is 1. The summed E-state index contributed by atoms with van der Waals surface area (Å²) in [7, 11) is 0. The lowest BCUT2D eigenvalue weighted by Gasteiger charge is -2.18. The Morgan fingerprint density at radius 3 is 2.59 bits per heavy atom. The number of para-hydroxylation sites is 1. The second-order valence-corrected chi connectivity index (χ2v) is 8.18. The van der Waals surface area contributed by atoms with Crippen LogP contribution in [0.2, 0.25) is 0 Å². The zero-order valence-corrected chi connectivity index (χ0v) is 16.7. The molecule has 3 rings (SSSR count). The SMILES string of the molecule is CC(=O)N(c1nc(/C=C/C(=O)c2cc(C)sc2C)cs1)c1ccccc1F. The Morgan fingerprint density at radius 2 is 1.96 bits per heavy atom. The minimum absolute atomic E-state index is 0.0936. The maximum atomic E-state index is 14.1. The van der Waals surface area contributed by atoms with Gasteiger partial charge in [0, 0.05) is 27.6 Å². The molecule has 0 saturated heterocycles. The number of nitrogens with zero attached hydrogens (tertiary/aromatic N) is 2. The fraction of sp³-hybridized carbons (Fsp3) is 0.150. The molecule has 0 saturated carbocycles. The van der Waals surface area contributed by atoms with Crippen molar-refractivity contribution in [3.63, 3.8) is 0 Å². The van der Waals surface area contributed by atoms with Gasteiger partial charge in [-0.1, -0.05) is 12.1 Å². The van der Waals surface area contributed by atoms with Gasteiger partial charge in [0.15, 0.2) is 10.9 Å². The molecule has 0 spiro atoms. The van der Waals surface area contributed by atoms with E-state index in [4.69, 9.17) is 0 Å². The number of hydrogen-bond acceptors (Lipinski definition) is 5. The fourth-order valence-electron chi connectivity index (χ4n) is 2.62. The molecular formula is C20H17FN2O2S2. The summed E-state index contributed by atoms with van der Waals surface area (Å²) in [4.78, 5) is 32.1. The predicted molar refractivity (Wildman–Crippen MR) is 108 cm³/mol. The zero-order valence-electron chi connectivity index (χ0n) is 15.0. The van der Waals surface area contributed by atoms with Crippen molar-refractivity contribution in [2.45, 2.75) is 20.8 Å². The number of aromatic nitrogens is 1. The van der Waals surface area contributed by atoms with Gasteiger partial charge in [-0.25, -0.2) is 9.37 Å². The van der Waals surface area contributed by atoms with E-state index >= 15 is 0 Å². The van der Waals surface area contributed by atoms with E-state index in [1.807, 2.05) is 19.9 Å². The topological polar surface area (TPSA) is 50.3 Å². The molecule has 2 heterocycles. The molecule has 0 bridgehead atoms. The molecule has 0 aliphatic heterocycles. The highest BCUT2D eigenvalue weighted by atomic mass is 32.1. The lowest BCUT2D eigenvalue weighted by atomic mass is 10.1. The van der Waals surface area contributed by atoms with Gasteiger partial charge in [-0.15, -0.1) is 22.7 Å². The number of carbonyl (C=O) groups excluding carboxylic acids is 2. The van der Waals surface area contributed by atoms with Gasteiger partial charge in [0.2, 0.25) is 5.91 Å². The van der Waals surface area contributed by atoms with E-state index in [1.54, 1.807) is 34.9 Å². The summed E-state index contributed by atoms with van der Waals surface area (Å²) in [6.07, 6.45) is 3.07. The zero-order chi connectivity index (χ0) is 19.6. The Bertz CT molecular complexity index is 1040. The number of rotatable bonds is 5. The van der Waals surface area contributed by atoms with E-state index in [-0.39, 0.29) is 17.4 Å². The summed E-state index contributed by atoms with van der Waals surface area (Å²) >= 11 is 2.79. The Hall–Kier alpha value is -2.64. The van der Waals surface area contributed by atoms with Crippen LogP contribution in [0.5, 0.6) is 0 Å². The quantitative estimate of drug-likeness (QED) is 0.417. The number of ketones is 1. The molecule has 0 radical (unpaired) electrons. The first-order valence-electron chi connectivity index (χ1n) is 8.17. The predicted octanol–water partition coefficient (Wildman–Crippen LogP) is 5.54. The molecular weight excluding hydrogens is 383 g/mol. The van der Waals surface area contributed by atoms with Gasteiger partial charge in [-0.05, 0) is 44.2 Å².